The van der Waals surface area contributed by atoms with E-state index in [1.54, 1.807) is 0 Å². The SMILES string of the molecule is CC(C)CCNCC(O)COCc1ccccc1Cl. The molecule has 1 rings (SSSR count). The standard InChI is InChI=1S/C15H24ClNO2/c1-12(2)7-8-17-9-14(18)11-19-10-13-5-3-4-6-15(13)16/h3-6,12,14,17-18H,7-11H2,1-2H3. The number of benzene rings is 1. The fraction of sp³-hybridized carbons (Fsp3) is 0.600. The number of aliphatic hydroxyl groups excluding tert-OH is 1. The predicted octanol–water partition coefficient (Wildman–Crippen LogP) is 2.85. The number of rotatable bonds is 9. The van der Waals surface area contributed by atoms with Gasteiger partial charge in [0.25, 0.3) is 0 Å². The summed E-state index contributed by atoms with van der Waals surface area (Å²) in [4.78, 5) is 0. The van der Waals surface area contributed by atoms with Gasteiger partial charge < -0.3 is 15.2 Å². The molecule has 1 unspecified atom stereocenters. The van der Waals surface area contributed by atoms with Crippen LogP contribution >= 0.6 is 11.6 Å². The Labute approximate surface area is 120 Å². The molecule has 0 heterocycles. The summed E-state index contributed by atoms with van der Waals surface area (Å²) >= 11 is 6.02. The van der Waals surface area contributed by atoms with Gasteiger partial charge in [-0.05, 0) is 30.5 Å². The Morgan fingerprint density at radius 1 is 1.32 bits per heavy atom. The zero-order valence-electron chi connectivity index (χ0n) is 11.7. The van der Waals surface area contributed by atoms with Gasteiger partial charge in [0.2, 0.25) is 0 Å². The van der Waals surface area contributed by atoms with E-state index in [4.69, 9.17) is 16.3 Å². The molecule has 0 spiro atoms. The maximum Gasteiger partial charge on any atom is 0.0897 e. The maximum atomic E-state index is 9.74. The second-order valence-corrected chi connectivity index (χ2v) is 5.55. The molecule has 0 aliphatic heterocycles. The van der Waals surface area contributed by atoms with Crippen LogP contribution < -0.4 is 5.32 Å². The third-order valence-electron chi connectivity index (χ3n) is 2.80. The van der Waals surface area contributed by atoms with Crippen LogP contribution in [0.25, 0.3) is 0 Å². The van der Waals surface area contributed by atoms with Crippen molar-refractivity contribution in [1.82, 2.24) is 5.32 Å². The number of ether oxygens (including phenoxy) is 1. The van der Waals surface area contributed by atoms with Gasteiger partial charge in [-0.2, -0.15) is 0 Å². The van der Waals surface area contributed by atoms with Crippen LogP contribution in [0.1, 0.15) is 25.8 Å². The molecular formula is C15H24ClNO2. The number of halogens is 1. The molecule has 0 aliphatic carbocycles. The lowest BCUT2D eigenvalue weighted by Crippen LogP contribution is -2.31. The van der Waals surface area contributed by atoms with E-state index in [1.165, 1.54) is 0 Å². The summed E-state index contributed by atoms with van der Waals surface area (Å²) in [6, 6.07) is 7.58. The Morgan fingerprint density at radius 3 is 2.74 bits per heavy atom. The van der Waals surface area contributed by atoms with Crippen molar-refractivity contribution >= 4 is 11.6 Å². The Hall–Kier alpha value is -0.610. The van der Waals surface area contributed by atoms with E-state index >= 15 is 0 Å². The average Bonchev–Trinajstić information content (AvgIpc) is 2.37. The van der Waals surface area contributed by atoms with Crippen LogP contribution in [0.3, 0.4) is 0 Å². The third kappa shape index (κ3) is 7.53. The lowest BCUT2D eigenvalue weighted by molar-refractivity contribution is 0.0289. The van der Waals surface area contributed by atoms with Gasteiger partial charge in [-0.1, -0.05) is 43.6 Å². The molecule has 0 saturated carbocycles. The Kier molecular flexibility index (Phi) is 8.07. The van der Waals surface area contributed by atoms with Crippen LogP contribution in [-0.2, 0) is 11.3 Å². The van der Waals surface area contributed by atoms with Gasteiger partial charge >= 0.3 is 0 Å². The lowest BCUT2D eigenvalue weighted by Gasteiger charge is -2.13. The van der Waals surface area contributed by atoms with Crippen LogP contribution in [-0.4, -0.2) is 30.9 Å². The van der Waals surface area contributed by atoms with Crippen molar-refractivity contribution in [3.8, 4) is 0 Å². The molecule has 4 heteroatoms. The Bertz CT molecular complexity index is 358. The quantitative estimate of drug-likeness (QED) is 0.686. The highest BCUT2D eigenvalue weighted by Crippen LogP contribution is 2.15. The smallest absolute Gasteiger partial charge is 0.0897 e. The molecule has 2 N–H and O–H groups in total. The fourth-order valence-electron chi connectivity index (χ4n) is 1.64. The lowest BCUT2D eigenvalue weighted by atomic mass is 10.1. The van der Waals surface area contributed by atoms with E-state index in [2.05, 4.69) is 19.2 Å². The van der Waals surface area contributed by atoms with Crippen LogP contribution in [0.2, 0.25) is 5.02 Å². The molecule has 1 aromatic rings. The van der Waals surface area contributed by atoms with Crippen molar-refractivity contribution in [1.29, 1.82) is 0 Å². The second kappa shape index (κ2) is 9.32. The first-order valence-electron chi connectivity index (χ1n) is 6.79. The van der Waals surface area contributed by atoms with Gasteiger partial charge in [0.15, 0.2) is 0 Å². The highest BCUT2D eigenvalue weighted by Gasteiger charge is 2.05. The van der Waals surface area contributed by atoms with E-state index in [-0.39, 0.29) is 0 Å². The summed E-state index contributed by atoms with van der Waals surface area (Å²) in [5, 5.41) is 13.7. The Morgan fingerprint density at radius 2 is 2.05 bits per heavy atom. The largest absolute Gasteiger partial charge is 0.389 e. The zero-order chi connectivity index (χ0) is 14.1. The molecule has 0 aromatic heterocycles. The van der Waals surface area contributed by atoms with Crippen molar-refractivity contribution in [2.45, 2.75) is 33.0 Å². The molecule has 0 aliphatic rings. The van der Waals surface area contributed by atoms with E-state index in [9.17, 15) is 5.11 Å². The van der Waals surface area contributed by atoms with Gasteiger partial charge in [0.05, 0.1) is 19.3 Å². The first kappa shape index (κ1) is 16.4. The normalized spacial score (nSPS) is 12.9. The molecule has 0 radical (unpaired) electrons. The molecule has 19 heavy (non-hydrogen) atoms. The molecule has 0 bridgehead atoms. The van der Waals surface area contributed by atoms with E-state index < -0.39 is 6.10 Å². The summed E-state index contributed by atoms with van der Waals surface area (Å²) in [5.74, 6) is 0.682. The van der Waals surface area contributed by atoms with E-state index in [1.807, 2.05) is 24.3 Å². The van der Waals surface area contributed by atoms with Crippen molar-refractivity contribution in [3.63, 3.8) is 0 Å². The fourth-order valence-corrected chi connectivity index (χ4v) is 1.83. The van der Waals surface area contributed by atoms with Gasteiger partial charge in [-0.3, -0.25) is 0 Å². The molecule has 1 atom stereocenters. The molecule has 108 valence electrons. The molecule has 0 amide bonds. The summed E-state index contributed by atoms with van der Waals surface area (Å²) < 4.78 is 5.47. The van der Waals surface area contributed by atoms with Crippen molar-refractivity contribution in [2.24, 2.45) is 5.92 Å². The highest BCUT2D eigenvalue weighted by molar-refractivity contribution is 6.31. The number of hydrogen-bond donors (Lipinski definition) is 2. The Balaban J connectivity index is 2.10. The zero-order valence-corrected chi connectivity index (χ0v) is 12.5. The van der Waals surface area contributed by atoms with Gasteiger partial charge in [-0.15, -0.1) is 0 Å². The number of nitrogens with one attached hydrogen (secondary N) is 1. The molecule has 0 fully saturated rings. The summed E-state index contributed by atoms with van der Waals surface area (Å²) in [6.07, 6.45) is 0.641. The second-order valence-electron chi connectivity index (χ2n) is 5.15. The number of aliphatic hydroxyl groups is 1. The maximum absolute atomic E-state index is 9.74. The van der Waals surface area contributed by atoms with Gasteiger partial charge in [0.1, 0.15) is 0 Å². The minimum atomic E-state index is -0.477. The van der Waals surface area contributed by atoms with Gasteiger partial charge in [-0.25, -0.2) is 0 Å². The van der Waals surface area contributed by atoms with Crippen molar-refractivity contribution < 1.29 is 9.84 Å². The first-order chi connectivity index (χ1) is 9.09. The first-order valence-corrected chi connectivity index (χ1v) is 7.17. The van der Waals surface area contributed by atoms with Crippen LogP contribution in [0, 0.1) is 5.92 Å². The highest BCUT2D eigenvalue weighted by atomic mass is 35.5. The average molecular weight is 286 g/mol. The molecular weight excluding hydrogens is 262 g/mol. The van der Waals surface area contributed by atoms with Crippen molar-refractivity contribution in [3.05, 3.63) is 34.9 Å². The van der Waals surface area contributed by atoms with Gasteiger partial charge in [0, 0.05) is 11.6 Å². The van der Waals surface area contributed by atoms with Crippen LogP contribution in [0.5, 0.6) is 0 Å². The van der Waals surface area contributed by atoms with Crippen LogP contribution in [0.4, 0.5) is 0 Å². The summed E-state index contributed by atoms with van der Waals surface area (Å²) in [7, 11) is 0. The molecule has 1 aromatic carbocycles. The van der Waals surface area contributed by atoms with E-state index in [0.29, 0.717) is 30.7 Å². The molecule has 3 nitrogen and oxygen atoms in total. The van der Waals surface area contributed by atoms with Crippen molar-refractivity contribution in [2.75, 3.05) is 19.7 Å². The monoisotopic (exact) mass is 285 g/mol. The van der Waals surface area contributed by atoms with E-state index in [0.717, 1.165) is 18.5 Å². The molecule has 0 saturated heterocycles. The third-order valence-corrected chi connectivity index (χ3v) is 3.17. The summed E-state index contributed by atoms with van der Waals surface area (Å²) in [6.45, 7) is 6.62. The predicted molar refractivity (Wildman–Crippen MR) is 79.4 cm³/mol. The summed E-state index contributed by atoms with van der Waals surface area (Å²) in [5.41, 5.74) is 0.948. The number of hydrogen-bond acceptors (Lipinski definition) is 3. The van der Waals surface area contributed by atoms with Crippen LogP contribution in [0.15, 0.2) is 24.3 Å². The minimum Gasteiger partial charge on any atom is -0.389 e. The topological polar surface area (TPSA) is 41.5 Å². The minimum absolute atomic E-state index is 0.319.